The SMILES string of the molecule is Cc1cc(C(=O)On2c(O)ccc2O)cc(C)c1OC(=O)C1=C2CC=CC=C2N(C)c2ccccc21. The number of carbonyl (C=O) groups is 2. The number of aromatic hydroxyl groups is 2. The second-order valence-electron chi connectivity index (χ2n) is 8.67. The maximum absolute atomic E-state index is 13.6. The number of nitrogens with zero attached hydrogens (tertiary/aromatic N) is 2. The highest BCUT2D eigenvalue weighted by molar-refractivity contribution is 6.22. The molecule has 0 amide bonds. The molecule has 2 heterocycles. The Labute approximate surface area is 207 Å². The highest BCUT2D eigenvalue weighted by Crippen LogP contribution is 2.42. The van der Waals surface area contributed by atoms with Crippen LogP contribution in [0.1, 0.15) is 33.5 Å². The molecule has 0 saturated heterocycles. The predicted molar refractivity (Wildman–Crippen MR) is 134 cm³/mol. The number of likely N-dealkylation sites (N-methyl/N-ethyl adjacent to an activating group) is 1. The van der Waals surface area contributed by atoms with Crippen LogP contribution in [0.5, 0.6) is 17.5 Å². The largest absolute Gasteiger partial charge is 0.492 e. The fraction of sp³-hybridized carbons (Fsp3) is 0.143. The molecular formula is C28H24N2O6. The van der Waals surface area contributed by atoms with Gasteiger partial charge in [-0.2, -0.15) is 0 Å². The van der Waals surface area contributed by atoms with Gasteiger partial charge >= 0.3 is 11.9 Å². The van der Waals surface area contributed by atoms with Crippen LogP contribution in [0.3, 0.4) is 0 Å². The minimum absolute atomic E-state index is 0.173. The van der Waals surface area contributed by atoms with Gasteiger partial charge in [0.25, 0.3) is 0 Å². The third-order valence-electron chi connectivity index (χ3n) is 6.29. The van der Waals surface area contributed by atoms with Crippen molar-refractivity contribution in [3.63, 3.8) is 0 Å². The highest BCUT2D eigenvalue weighted by Gasteiger charge is 2.32. The number of esters is 1. The van der Waals surface area contributed by atoms with Gasteiger partial charge in [-0.15, -0.1) is 4.73 Å². The number of fused-ring (bicyclic) bond motifs is 2. The molecular weight excluding hydrogens is 460 g/mol. The van der Waals surface area contributed by atoms with Crippen molar-refractivity contribution < 1.29 is 29.4 Å². The van der Waals surface area contributed by atoms with Gasteiger partial charge in [0.1, 0.15) is 5.75 Å². The van der Waals surface area contributed by atoms with Crippen LogP contribution in [-0.4, -0.2) is 33.9 Å². The molecule has 2 aromatic carbocycles. The number of aromatic nitrogens is 1. The summed E-state index contributed by atoms with van der Waals surface area (Å²) in [6.07, 6.45) is 6.58. The Balaban J connectivity index is 1.47. The zero-order valence-electron chi connectivity index (χ0n) is 20.0. The first-order valence-corrected chi connectivity index (χ1v) is 11.4. The van der Waals surface area contributed by atoms with Crippen molar-refractivity contribution in [1.82, 2.24) is 4.73 Å². The van der Waals surface area contributed by atoms with E-state index in [2.05, 4.69) is 4.90 Å². The van der Waals surface area contributed by atoms with Crippen LogP contribution in [0.4, 0.5) is 5.69 Å². The van der Waals surface area contributed by atoms with Crippen LogP contribution in [-0.2, 0) is 4.79 Å². The van der Waals surface area contributed by atoms with Crippen molar-refractivity contribution in [2.45, 2.75) is 20.3 Å². The van der Waals surface area contributed by atoms with Crippen LogP contribution in [0.2, 0.25) is 0 Å². The number of anilines is 1. The molecule has 5 rings (SSSR count). The van der Waals surface area contributed by atoms with E-state index >= 15 is 0 Å². The van der Waals surface area contributed by atoms with Gasteiger partial charge in [0.2, 0.25) is 11.8 Å². The summed E-state index contributed by atoms with van der Waals surface area (Å²) in [5, 5.41) is 19.4. The average molecular weight is 485 g/mol. The van der Waals surface area contributed by atoms with Gasteiger partial charge in [-0.3, -0.25) is 0 Å². The van der Waals surface area contributed by atoms with E-state index in [0.717, 1.165) is 22.5 Å². The number of hydrogen-bond donors (Lipinski definition) is 2. The molecule has 8 heteroatoms. The number of para-hydroxylation sites is 1. The number of allylic oxidation sites excluding steroid dienone is 4. The third kappa shape index (κ3) is 3.82. The van der Waals surface area contributed by atoms with Crippen molar-refractivity contribution in [3.8, 4) is 17.5 Å². The van der Waals surface area contributed by atoms with E-state index in [4.69, 9.17) is 9.57 Å². The predicted octanol–water partition coefficient (Wildman–Crippen LogP) is 4.44. The molecule has 2 aliphatic rings. The van der Waals surface area contributed by atoms with E-state index in [1.807, 2.05) is 49.5 Å². The normalized spacial score (nSPS) is 14.2. The smallest absolute Gasteiger partial charge is 0.363 e. The molecule has 1 aliphatic heterocycles. The number of aryl methyl sites for hydroxylation is 2. The summed E-state index contributed by atoms with van der Waals surface area (Å²) in [7, 11) is 1.98. The van der Waals surface area contributed by atoms with Gasteiger partial charge in [-0.05, 0) is 61.2 Å². The number of hydrogen-bond acceptors (Lipinski definition) is 7. The summed E-state index contributed by atoms with van der Waals surface area (Å²) in [6, 6.07) is 13.2. The van der Waals surface area contributed by atoms with Gasteiger partial charge < -0.3 is 24.7 Å². The lowest BCUT2D eigenvalue weighted by atomic mass is 9.87. The van der Waals surface area contributed by atoms with E-state index in [-0.39, 0.29) is 5.56 Å². The molecule has 8 nitrogen and oxygen atoms in total. The highest BCUT2D eigenvalue weighted by atomic mass is 16.7. The third-order valence-corrected chi connectivity index (χ3v) is 6.29. The lowest BCUT2D eigenvalue weighted by Gasteiger charge is -2.34. The molecule has 0 saturated carbocycles. The van der Waals surface area contributed by atoms with E-state index < -0.39 is 23.7 Å². The van der Waals surface area contributed by atoms with Crippen LogP contribution in [0.15, 0.2) is 78.0 Å². The van der Waals surface area contributed by atoms with E-state index in [0.29, 0.717) is 33.6 Å². The monoisotopic (exact) mass is 484 g/mol. The van der Waals surface area contributed by atoms with E-state index in [1.165, 1.54) is 24.3 Å². The molecule has 0 radical (unpaired) electrons. The molecule has 0 unspecified atom stereocenters. The second kappa shape index (κ2) is 8.81. The lowest BCUT2D eigenvalue weighted by Crippen LogP contribution is -2.28. The van der Waals surface area contributed by atoms with Crippen molar-refractivity contribution in [1.29, 1.82) is 0 Å². The van der Waals surface area contributed by atoms with Crippen LogP contribution < -0.4 is 14.5 Å². The van der Waals surface area contributed by atoms with Crippen LogP contribution in [0, 0.1) is 13.8 Å². The number of ether oxygens (including phenoxy) is 1. The topological polar surface area (TPSA) is 101 Å². The first kappa shape index (κ1) is 23.0. The average Bonchev–Trinajstić information content (AvgIpc) is 3.18. The van der Waals surface area contributed by atoms with E-state index in [1.54, 1.807) is 13.8 Å². The summed E-state index contributed by atoms with van der Waals surface area (Å²) in [5.41, 5.74) is 5.36. The number of benzene rings is 2. The molecule has 1 aliphatic carbocycles. The Bertz CT molecular complexity index is 1470. The summed E-state index contributed by atoms with van der Waals surface area (Å²) < 4.78 is 6.55. The van der Waals surface area contributed by atoms with Gasteiger partial charge in [-0.25, -0.2) is 9.59 Å². The molecule has 3 aromatic rings. The van der Waals surface area contributed by atoms with Gasteiger partial charge in [-0.1, -0.05) is 30.4 Å². The van der Waals surface area contributed by atoms with Gasteiger partial charge in [0.05, 0.1) is 11.1 Å². The van der Waals surface area contributed by atoms with E-state index in [9.17, 15) is 19.8 Å². The maximum Gasteiger partial charge on any atom is 0.363 e. The fourth-order valence-corrected chi connectivity index (χ4v) is 4.60. The van der Waals surface area contributed by atoms with Crippen molar-refractivity contribution >= 4 is 23.2 Å². The summed E-state index contributed by atoms with van der Waals surface area (Å²) >= 11 is 0. The molecule has 182 valence electrons. The Morgan fingerprint density at radius 2 is 1.61 bits per heavy atom. The molecule has 0 atom stereocenters. The Morgan fingerprint density at radius 1 is 0.944 bits per heavy atom. The number of rotatable bonds is 4. The zero-order valence-corrected chi connectivity index (χ0v) is 20.0. The standard InChI is InChI=1S/C28H24N2O6/c1-16-14-18(27(33)36-30-23(31)12-13-24(30)32)15-17(2)26(16)35-28(34)25-19-8-4-6-10-21(19)29(3)22-11-7-5-9-20(22)25/h4-8,10-15,31-32H,9H2,1-3H3. The fourth-order valence-electron chi connectivity index (χ4n) is 4.60. The van der Waals surface area contributed by atoms with Crippen molar-refractivity contribution in [2.75, 3.05) is 11.9 Å². The Hall–Kier alpha value is -4.72. The first-order valence-electron chi connectivity index (χ1n) is 11.4. The molecule has 1 aromatic heterocycles. The first-order chi connectivity index (χ1) is 17.3. The molecule has 0 spiro atoms. The van der Waals surface area contributed by atoms with Crippen molar-refractivity contribution in [2.24, 2.45) is 0 Å². The Kier molecular flexibility index (Phi) is 5.64. The minimum atomic E-state index is -0.793. The summed E-state index contributed by atoms with van der Waals surface area (Å²) in [6.45, 7) is 3.46. The minimum Gasteiger partial charge on any atom is -0.492 e. The molecule has 36 heavy (non-hydrogen) atoms. The van der Waals surface area contributed by atoms with Crippen LogP contribution in [0.25, 0.3) is 5.57 Å². The summed E-state index contributed by atoms with van der Waals surface area (Å²) in [5.74, 6) is -1.75. The molecule has 2 N–H and O–H groups in total. The lowest BCUT2D eigenvalue weighted by molar-refractivity contribution is -0.128. The van der Waals surface area contributed by atoms with Gasteiger partial charge in [0, 0.05) is 36.1 Å². The summed E-state index contributed by atoms with van der Waals surface area (Å²) in [4.78, 5) is 33.4. The quantitative estimate of drug-likeness (QED) is 0.417. The molecule has 0 fully saturated rings. The maximum atomic E-state index is 13.6. The van der Waals surface area contributed by atoms with Crippen molar-refractivity contribution in [3.05, 3.63) is 100 Å². The molecule has 0 bridgehead atoms. The second-order valence-corrected chi connectivity index (χ2v) is 8.67. The van der Waals surface area contributed by atoms with Crippen LogP contribution >= 0.6 is 0 Å². The zero-order chi connectivity index (χ0) is 25.6. The van der Waals surface area contributed by atoms with Gasteiger partial charge in [0.15, 0.2) is 0 Å². The Morgan fingerprint density at radius 3 is 2.31 bits per heavy atom. The number of carbonyl (C=O) groups excluding carboxylic acids is 2.